The minimum atomic E-state index is 0.378. The van der Waals surface area contributed by atoms with Gasteiger partial charge in [-0.1, -0.05) is 22.9 Å². The molecule has 0 aliphatic rings. The number of likely N-dealkylation sites (N-methyl/N-ethyl adjacent to an activating group) is 1. The van der Waals surface area contributed by atoms with E-state index in [4.69, 9.17) is 0 Å². The van der Waals surface area contributed by atoms with Crippen molar-refractivity contribution in [3.63, 3.8) is 0 Å². The average Bonchev–Trinajstić information content (AvgIpc) is 2.68. The molecule has 2 heterocycles. The van der Waals surface area contributed by atoms with Crippen LogP contribution in [0, 0.1) is 0 Å². The minimum Gasteiger partial charge on any atom is -0.319 e. The van der Waals surface area contributed by atoms with E-state index in [-0.39, 0.29) is 0 Å². The third-order valence-electron chi connectivity index (χ3n) is 2.62. The second-order valence-electron chi connectivity index (χ2n) is 3.78. The van der Waals surface area contributed by atoms with Crippen LogP contribution in [0.25, 0.3) is 5.65 Å². The zero-order chi connectivity index (χ0) is 11.5. The molecule has 2 aromatic rings. The fourth-order valence-electron chi connectivity index (χ4n) is 1.71. The number of hydrogen-bond donors (Lipinski definition) is 1. The molecule has 1 N–H and O–H groups in total. The zero-order valence-corrected chi connectivity index (χ0v) is 11.0. The Labute approximate surface area is 103 Å². The lowest BCUT2D eigenvalue weighted by Crippen LogP contribution is -2.17. The number of nitrogens with zero attached hydrogens (tertiary/aromatic N) is 3. The molecule has 0 radical (unpaired) electrons. The molecule has 0 aromatic carbocycles. The van der Waals surface area contributed by atoms with E-state index in [1.165, 1.54) is 0 Å². The number of halogens is 1. The van der Waals surface area contributed by atoms with Crippen LogP contribution in [0.15, 0.2) is 22.8 Å². The topological polar surface area (TPSA) is 42.2 Å². The maximum absolute atomic E-state index is 4.55. The van der Waals surface area contributed by atoms with Gasteiger partial charge in [-0.25, -0.2) is 9.50 Å². The van der Waals surface area contributed by atoms with Crippen molar-refractivity contribution >= 4 is 21.6 Å². The van der Waals surface area contributed by atoms with E-state index in [2.05, 4.69) is 38.3 Å². The lowest BCUT2D eigenvalue weighted by molar-refractivity contribution is 0.580. The molecule has 0 fully saturated rings. The van der Waals surface area contributed by atoms with E-state index in [1.54, 1.807) is 0 Å². The van der Waals surface area contributed by atoms with Gasteiger partial charge in [0, 0.05) is 23.1 Å². The van der Waals surface area contributed by atoms with Crippen molar-refractivity contribution in [1.82, 2.24) is 19.9 Å². The average molecular weight is 283 g/mol. The quantitative estimate of drug-likeness (QED) is 0.935. The molecule has 0 saturated heterocycles. The Bertz CT molecular complexity index is 480. The van der Waals surface area contributed by atoms with Gasteiger partial charge in [0.1, 0.15) is 0 Å². The fraction of sp³-hybridized carbons (Fsp3) is 0.455. The molecule has 1 atom stereocenters. The van der Waals surface area contributed by atoms with Crippen LogP contribution in [0.1, 0.15) is 25.1 Å². The predicted molar refractivity (Wildman–Crippen MR) is 67.6 cm³/mol. The van der Waals surface area contributed by atoms with Crippen LogP contribution >= 0.6 is 15.9 Å². The molecule has 86 valence electrons. The largest absolute Gasteiger partial charge is 0.319 e. The Balaban J connectivity index is 2.37. The van der Waals surface area contributed by atoms with Crippen molar-refractivity contribution in [2.24, 2.45) is 0 Å². The van der Waals surface area contributed by atoms with Gasteiger partial charge < -0.3 is 5.32 Å². The Morgan fingerprint density at radius 3 is 3.06 bits per heavy atom. The summed E-state index contributed by atoms with van der Waals surface area (Å²) in [6.07, 6.45) is 2.96. The first-order chi connectivity index (χ1) is 7.74. The molecule has 2 aromatic heterocycles. The second kappa shape index (κ2) is 4.93. The summed E-state index contributed by atoms with van der Waals surface area (Å²) in [5, 5.41) is 7.66. The van der Waals surface area contributed by atoms with Crippen molar-refractivity contribution in [3.05, 3.63) is 28.6 Å². The van der Waals surface area contributed by atoms with Gasteiger partial charge in [-0.2, -0.15) is 5.10 Å². The third kappa shape index (κ3) is 2.25. The van der Waals surface area contributed by atoms with Gasteiger partial charge in [0.05, 0.1) is 0 Å². The molecular weight excluding hydrogens is 268 g/mol. The van der Waals surface area contributed by atoms with E-state index in [9.17, 15) is 0 Å². The SMILES string of the molecule is CCC(CNC)c1nc2cc(Br)ccn2n1. The van der Waals surface area contributed by atoms with Crippen LogP contribution in [0.3, 0.4) is 0 Å². The van der Waals surface area contributed by atoms with Gasteiger partial charge in [0.25, 0.3) is 0 Å². The number of rotatable bonds is 4. The van der Waals surface area contributed by atoms with Gasteiger partial charge >= 0.3 is 0 Å². The van der Waals surface area contributed by atoms with Crippen molar-refractivity contribution in [2.75, 3.05) is 13.6 Å². The summed E-state index contributed by atoms with van der Waals surface area (Å²) < 4.78 is 2.85. The van der Waals surface area contributed by atoms with Crippen LogP contribution in [0.5, 0.6) is 0 Å². The molecule has 5 heteroatoms. The number of fused-ring (bicyclic) bond motifs is 1. The Hall–Kier alpha value is -0.940. The Morgan fingerprint density at radius 1 is 1.56 bits per heavy atom. The van der Waals surface area contributed by atoms with E-state index >= 15 is 0 Å². The van der Waals surface area contributed by atoms with Crippen molar-refractivity contribution in [2.45, 2.75) is 19.3 Å². The highest BCUT2D eigenvalue weighted by Crippen LogP contribution is 2.17. The van der Waals surface area contributed by atoms with Gasteiger partial charge in [-0.3, -0.25) is 0 Å². The van der Waals surface area contributed by atoms with E-state index in [0.29, 0.717) is 5.92 Å². The first kappa shape index (κ1) is 11.5. The number of aromatic nitrogens is 3. The number of pyridine rings is 1. The second-order valence-corrected chi connectivity index (χ2v) is 4.70. The smallest absolute Gasteiger partial charge is 0.156 e. The molecule has 0 bridgehead atoms. The van der Waals surface area contributed by atoms with E-state index < -0.39 is 0 Å². The normalized spacial score (nSPS) is 13.2. The maximum Gasteiger partial charge on any atom is 0.156 e. The number of hydrogen-bond acceptors (Lipinski definition) is 3. The molecule has 1 unspecified atom stereocenters. The summed E-state index contributed by atoms with van der Waals surface area (Å²) >= 11 is 3.43. The van der Waals surface area contributed by atoms with Crippen molar-refractivity contribution in [3.8, 4) is 0 Å². The maximum atomic E-state index is 4.55. The summed E-state index contributed by atoms with van der Waals surface area (Å²) in [4.78, 5) is 4.55. The lowest BCUT2D eigenvalue weighted by atomic mass is 10.1. The molecule has 0 spiro atoms. The Kier molecular flexibility index (Phi) is 3.56. The first-order valence-corrected chi connectivity index (χ1v) is 6.20. The highest BCUT2D eigenvalue weighted by Gasteiger charge is 2.14. The van der Waals surface area contributed by atoms with Gasteiger partial charge in [-0.05, 0) is 25.6 Å². The molecule has 0 saturated carbocycles. The lowest BCUT2D eigenvalue weighted by Gasteiger charge is -2.08. The van der Waals surface area contributed by atoms with Crippen LogP contribution in [-0.4, -0.2) is 28.2 Å². The van der Waals surface area contributed by atoms with Crippen molar-refractivity contribution in [1.29, 1.82) is 0 Å². The third-order valence-corrected chi connectivity index (χ3v) is 3.12. The monoisotopic (exact) mass is 282 g/mol. The standard InChI is InChI=1S/C11H15BrN4/c1-3-8(7-13-2)11-14-10-6-9(12)4-5-16(10)15-11/h4-6,8,13H,3,7H2,1-2H3. The Morgan fingerprint density at radius 2 is 2.38 bits per heavy atom. The summed E-state index contributed by atoms with van der Waals surface area (Å²) in [5.41, 5.74) is 0.888. The first-order valence-electron chi connectivity index (χ1n) is 5.41. The molecule has 2 rings (SSSR count). The van der Waals surface area contributed by atoms with Gasteiger partial charge in [-0.15, -0.1) is 0 Å². The van der Waals surface area contributed by atoms with Crippen LogP contribution < -0.4 is 5.32 Å². The summed E-state index contributed by atoms with van der Waals surface area (Å²) in [6.45, 7) is 3.07. The van der Waals surface area contributed by atoms with Gasteiger partial charge in [0.15, 0.2) is 11.5 Å². The number of nitrogens with one attached hydrogen (secondary N) is 1. The molecule has 16 heavy (non-hydrogen) atoms. The highest BCUT2D eigenvalue weighted by atomic mass is 79.9. The zero-order valence-electron chi connectivity index (χ0n) is 9.44. The van der Waals surface area contributed by atoms with Crippen LogP contribution in [-0.2, 0) is 0 Å². The van der Waals surface area contributed by atoms with E-state index in [1.807, 2.05) is 29.9 Å². The summed E-state index contributed by atoms with van der Waals surface area (Å²) in [5.74, 6) is 1.29. The van der Waals surface area contributed by atoms with Crippen molar-refractivity contribution < 1.29 is 0 Å². The van der Waals surface area contributed by atoms with Crippen LogP contribution in [0.2, 0.25) is 0 Å². The molecular formula is C11H15BrN4. The minimum absolute atomic E-state index is 0.378. The predicted octanol–water partition coefficient (Wildman–Crippen LogP) is 2.20. The fourth-order valence-corrected chi connectivity index (χ4v) is 2.03. The molecule has 0 amide bonds. The van der Waals surface area contributed by atoms with E-state index in [0.717, 1.165) is 28.9 Å². The van der Waals surface area contributed by atoms with Crippen LogP contribution in [0.4, 0.5) is 0 Å². The highest BCUT2D eigenvalue weighted by molar-refractivity contribution is 9.10. The molecule has 4 nitrogen and oxygen atoms in total. The molecule has 0 aliphatic carbocycles. The summed E-state index contributed by atoms with van der Waals surface area (Å²) in [6, 6.07) is 3.94. The summed E-state index contributed by atoms with van der Waals surface area (Å²) in [7, 11) is 1.95. The molecule has 0 aliphatic heterocycles. The van der Waals surface area contributed by atoms with Gasteiger partial charge in [0.2, 0.25) is 0 Å².